The van der Waals surface area contributed by atoms with E-state index in [1.807, 2.05) is 0 Å². The van der Waals surface area contributed by atoms with E-state index in [0.717, 1.165) is 31.2 Å². The van der Waals surface area contributed by atoms with Crippen molar-refractivity contribution in [2.75, 3.05) is 19.6 Å². The summed E-state index contributed by atoms with van der Waals surface area (Å²) < 4.78 is 5.43. The van der Waals surface area contributed by atoms with Gasteiger partial charge in [-0.15, -0.1) is 0 Å². The molecule has 2 fully saturated rings. The Morgan fingerprint density at radius 1 is 1.09 bits per heavy atom. The van der Waals surface area contributed by atoms with Crippen LogP contribution in [0.15, 0.2) is 34.9 Å². The molecule has 0 radical (unpaired) electrons. The van der Waals surface area contributed by atoms with Gasteiger partial charge in [-0.25, -0.2) is 0 Å². The van der Waals surface area contributed by atoms with Gasteiger partial charge in [0.2, 0.25) is 5.89 Å². The maximum atomic E-state index is 5.43. The van der Waals surface area contributed by atoms with Crippen LogP contribution in [0.2, 0.25) is 0 Å². The molecule has 0 unspecified atom stereocenters. The molecular formula is C18H23N3O. The molecule has 1 aromatic heterocycles. The average Bonchev–Trinajstić information content (AvgIpc) is 3.31. The highest BCUT2D eigenvalue weighted by molar-refractivity contribution is 5.15. The van der Waals surface area contributed by atoms with Gasteiger partial charge in [-0.2, -0.15) is 4.98 Å². The molecule has 0 N–H and O–H groups in total. The third-order valence-electron chi connectivity index (χ3n) is 4.81. The molecule has 0 bridgehead atoms. The summed E-state index contributed by atoms with van der Waals surface area (Å²) in [5.41, 5.74) is 1.42. The van der Waals surface area contributed by atoms with E-state index in [4.69, 9.17) is 4.52 Å². The quantitative estimate of drug-likeness (QED) is 0.848. The SMILES string of the molecule is c1ccc(CCN2CCC[C@H](c3noc(C4CC4)n3)C2)cc1. The Balaban J connectivity index is 1.34. The molecule has 1 aliphatic heterocycles. The lowest BCUT2D eigenvalue weighted by Gasteiger charge is -2.31. The van der Waals surface area contributed by atoms with E-state index in [1.54, 1.807) is 0 Å². The predicted molar refractivity (Wildman–Crippen MR) is 84.8 cm³/mol. The van der Waals surface area contributed by atoms with Crippen LogP contribution in [0, 0.1) is 0 Å². The molecule has 1 atom stereocenters. The van der Waals surface area contributed by atoms with Crippen molar-refractivity contribution in [3.63, 3.8) is 0 Å². The van der Waals surface area contributed by atoms with E-state index in [0.29, 0.717) is 11.8 Å². The fourth-order valence-corrected chi connectivity index (χ4v) is 3.31. The number of rotatable bonds is 5. The smallest absolute Gasteiger partial charge is 0.229 e. The van der Waals surface area contributed by atoms with Crippen molar-refractivity contribution < 1.29 is 4.52 Å². The van der Waals surface area contributed by atoms with Crippen LogP contribution in [0.5, 0.6) is 0 Å². The van der Waals surface area contributed by atoms with Gasteiger partial charge in [0.15, 0.2) is 5.82 Å². The largest absolute Gasteiger partial charge is 0.339 e. The van der Waals surface area contributed by atoms with Gasteiger partial charge in [0.05, 0.1) is 0 Å². The number of hydrogen-bond acceptors (Lipinski definition) is 4. The highest BCUT2D eigenvalue weighted by atomic mass is 16.5. The molecule has 2 aliphatic rings. The summed E-state index contributed by atoms with van der Waals surface area (Å²) in [6.07, 6.45) is 5.97. The van der Waals surface area contributed by atoms with E-state index in [9.17, 15) is 0 Å². The number of aromatic nitrogens is 2. The number of piperidine rings is 1. The minimum atomic E-state index is 0.445. The van der Waals surface area contributed by atoms with Crippen LogP contribution < -0.4 is 0 Å². The Labute approximate surface area is 131 Å². The molecule has 2 heterocycles. The van der Waals surface area contributed by atoms with Crippen molar-refractivity contribution in [1.82, 2.24) is 15.0 Å². The Morgan fingerprint density at radius 2 is 1.95 bits per heavy atom. The van der Waals surface area contributed by atoms with E-state index in [1.165, 1.54) is 37.8 Å². The van der Waals surface area contributed by atoms with Crippen molar-refractivity contribution in [3.8, 4) is 0 Å². The molecule has 1 saturated carbocycles. The van der Waals surface area contributed by atoms with Crippen LogP contribution in [0.3, 0.4) is 0 Å². The van der Waals surface area contributed by atoms with E-state index in [-0.39, 0.29) is 0 Å². The molecule has 4 heteroatoms. The van der Waals surface area contributed by atoms with Crippen molar-refractivity contribution >= 4 is 0 Å². The Bertz CT molecular complexity index is 606. The second-order valence-electron chi connectivity index (χ2n) is 6.64. The highest BCUT2D eigenvalue weighted by Crippen LogP contribution is 2.39. The predicted octanol–water partition coefficient (Wildman–Crippen LogP) is 3.37. The zero-order chi connectivity index (χ0) is 14.8. The number of likely N-dealkylation sites (tertiary alicyclic amines) is 1. The van der Waals surface area contributed by atoms with Crippen molar-refractivity contribution in [3.05, 3.63) is 47.6 Å². The van der Waals surface area contributed by atoms with Gasteiger partial charge in [-0.3, -0.25) is 0 Å². The second kappa shape index (κ2) is 6.21. The van der Waals surface area contributed by atoms with Crippen LogP contribution >= 0.6 is 0 Å². The molecule has 1 aromatic carbocycles. The number of benzene rings is 1. The highest BCUT2D eigenvalue weighted by Gasteiger charge is 2.32. The zero-order valence-corrected chi connectivity index (χ0v) is 12.9. The molecule has 4 nitrogen and oxygen atoms in total. The fraction of sp³-hybridized carbons (Fsp3) is 0.556. The van der Waals surface area contributed by atoms with E-state index in [2.05, 4.69) is 45.4 Å². The van der Waals surface area contributed by atoms with E-state index < -0.39 is 0 Å². The first-order chi connectivity index (χ1) is 10.9. The third kappa shape index (κ3) is 3.22. The number of hydrogen-bond donors (Lipinski definition) is 0. The maximum absolute atomic E-state index is 5.43. The minimum absolute atomic E-state index is 0.445. The van der Waals surface area contributed by atoms with Crippen LogP contribution in [0.1, 0.15) is 54.8 Å². The Kier molecular flexibility index (Phi) is 3.94. The van der Waals surface area contributed by atoms with Crippen LogP contribution in [-0.4, -0.2) is 34.7 Å². The molecule has 0 amide bonds. The number of nitrogens with zero attached hydrogens (tertiary/aromatic N) is 3. The molecule has 0 spiro atoms. The van der Waals surface area contributed by atoms with Crippen LogP contribution in [0.4, 0.5) is 0 Å². The summed E-state index contributed by atoms with van der Waals surface area (Å²) in [6.45, 7) is 3.38. The third-order valence-corrected chi connectivity index (χ3v) is 4.81. The lowest BCUT2D eigenvalue weighted by Crippen LogP contribution is -2.36. The van der Waals surface area contributed by atoms with Gasteiger partial charge in [0.1, 0.15) is 0 Å². The summed E-state index contributed by atoms with van der Waals surface area (Å²) in [5, 5.41) is 4.24. The first-order valence-corrected chi connectivity index (χ1v) is 8.48. The zero-order valence-electron chi connectivity index (χ0n) is 12.9. The van der Waals surface area contributed by atoms with Crippen LogP contribution in [0.25, 0.3) is 0 Å². The summed E-state index contributed by atoms with van der Waals surface area (Å²) in [5.74, 6) is 2.81. The van der Waals surface area contributed by atoms with Crippen molar-refractivity contribution in [2.24, 2.45) is 0 Å². The van der Waals surface area contributed by atoms with Crippen LogP contribution in [-0.2, 0) is 6.42 Å². The summed E-state index contributed by atoms with van der Waals surface area (Å²) in [6, 6.07) is 10.7. The van der Waals surface area contributed by atoms with Crippen molar-refractivity contribution in [2.45, 2.75) is 43.9 Å². The van der Waals surface area contributed by atoms with Crippen molar-refractivity contribution in [1.29, 1.82) is 0 Å². The molecular weight excluding hydrogens is 274 g/mol. The monoisotopic (exact) mass is 297 g/mol. The maximum Gasteiger partial charge on any atom is 0.229 e. The summed E-state index contributed by atoms with van der Waals surface area (Å²) >= 11 is 0. The van der Waals surface area contributed by atoms with Gasteiger partial charge in [0.25, 0.3) is 0 Å². The average molecular weight is 297 g/mol. The molecule has 4 rings (SSSR count). The van der Waals surface area contributed by atoms with Gasteiger partial charge in [0, 0.05) is 24.9 Å². The Hall–Kier alpha value is -1.68. The van der Waals surface area contributed by atoms with Gasteiger partial charge < -0.3 is 9.42 Å². The summed E-state index contributed by atoms with van der Waals surface area (Å²) in [4.78, 5) is 7.19. The normalized spacial score (nSPS) is 22.8. The van der Waals surface area contributed by atoms with Gasteiger partial charge in [-0.1, -0.05) is 35.5 Å². The Morgan fingerprint density at radius 3 is 2.77 bits per heavy atom. The van der Waals surface area contributed by atoms with E-state index >= 15 is 0 Å². The molecule has 22 heavy (non-hydrogen) atoms. The fourth-order valence-electron chi connectivity index (χ4n) is 3.31. The summed E-state index contributed by atoms with van der Waals surface area (Å²) in [7, 11) is 0. The lowest BCUT2D eigenvalue weighted by molar-refractivity contribution is 0.204. The van der Waals surface area contributed by atoms with Gasteiger partial charge in [-0.05, 0) is 44.2 Å². The first-order valence-electron chi connectivity index (χ1n) is 8.48. The molecule has 2 aromatic rings. The molecule has 1 aliphatic carbocycles. The molecule has 116 valence electrons. The molecule has 1 saturated heterocycles. The standard InChI is InChI=1S/C18H23N3O/c1-2-5-14(6-3-1)10-12-21-11-4-7-16(13-21)17-19-18(22-20-17)15-8-9-15/h1-3,5-6,15-16H,4,7-13H2/t16-/m0/s1. The first kappa shape index (κ1) is 13.9. The van der Waals surface area contributed by atoms with Gasteiger partial charge >= 0.3 is 0 Å². The second-order valence-corrected chi connectivity index (χ2v) is 6.64. The topological polar surface area (TPSA) is 42.2 Å². The lowest BCUT2D eigenvalue weighted by atomic mass is 9.97. The minimum Gasteiger partial charge on any atom is -0.339 e.